The van der Waals surface area contributed by atoms with Gasteiger partial charge in [-0.1, -0.05) is 31.0 Å². The van der Waals surface area contributed by atoms with Crippen LogP contribution in [0.25, 0.3) is 0 Å². The maximum absolute atomic E-state index is 12.8. The van der Waals surface area contributed by atoms with Gasteiger partial charge in [0.2, 0.25) is 10.0 Å². The smallest absolute Gasteiger partial charge is 0.253 e. The Morgan fingerprint density at radius 1 is 1.03 bits per heavy atom. The van der Waals surface area contributed by atoms with Gasteiger partial charge in [0.25, 0.3) is 11.8 Å². The number of carbonyl (C=O) groups excluding carboxylic acids is 2. The fourth-order valence-electron chi connectivity index (χ4n) is 3.60. The number of rotatable bonds is 7. The average Bonchev–Trinajstić information content (AvgIpc) is 3.25. The van der Waals surface area contributed by atoms with Gasteiger partial charge in [-0.15, -0.1) is 0 Å². The Balaban J connectivity index is 1.70. The molecule has 0 bridgehead atoms. The van der Waals surface area contributed by atoms with E-state index in [1.165, 1.54) is 17.0 Å². The highest BCUT2D eigenvalue weighted by Crippen LogP contribution is 2.21. The minimum atomic E-state index is -3.66. The number of hydrogen-bond donors (Lipinski definition) is 2. The van der Waals surface area contributed by atoms with E-state index in [1.54, 1.807) is 50.5 Å². The molecule has 1 aliphatic carbocycles. The third kappa shape index (κ3) is 5.25. The van der Waals surface area contributed by atoms with Gasteiger partial charge in [0.05, 0.1) is 4.90 Å². The second-order valence-electron chi connectivity index (χ2n) is 7.57. The molecule has 7 nitrogen and oxygen atoms in total. The predicted molar refractivity (Wildman–Crippen MR) is 115 cm³/mol. The zero-order chi connectivity index (χ0) is 21.7. The summed E-state index contributed by atoms with van der Waals surface area (Å²) < 4.78 is 28.1. The molecule has 2 aromatic carbocycles. The normalized spacial score (nSPS) is 14.5. The SMILES string of the molecule is CNC(=O)c1ccc(CN(C)C(=O)c2cccc(S(=O)(=O)NC3CCCC3)c2)cc1. The molecule has 0 heterocycles. The summed E-state index contributed by atoms with van der Waals surface area (Å²) in [5.41, 5.74) is 1.72. The number of carbonyl (C=O) groups is 2. The van der Waals surface area contributed by atoms with Crippen molar-refractivity contribution in [2.75, 3.05) is 14.1 Å². The van der Waals surface area contributed by atoms with Gasteiger partial charge in [0.1, 0.15) is 0 Å². The Morgan fingerprint density at radius 2 is 1.70 bits per heavy atom. The maximum atomic E-state index is 12.8. The van der Waals surface area contributed by atoms with Crippen LogP contribution in [0.1, 0.15) is 52.0 Å². The zero-order valence-corrected chi connectivity index (χ0v) is 18.0. The lowest BCUT2D eigenvalue weighted by molar-refractivity contribution is 0.0784. The van der Waals surface area contributed by atoms with Crippen molar-refractivity contribution in [1.29, 1.82) is 0 Å². The maximum Gasteiger partial charge on any atom is 0.253 e. The van der Waals surface area contributed by atoms with Gasteiger partial charge in [-0.05, 0) is 48.7 Å². The van der Waals surface area contributed by atoms with E-state index < -0.39 is 10.0 Å². The monoisotopic (exact) mass is 429 g/mol. The van der Waals surface area contributed by atoms with E-state index in [9.17, 15) is 18.0 Å². The second-order valence-corrected chi connectivity index (χ2v) is 9.28. The molecule has 8 heteroatoms. The topological polar surface area (TPSA) is 95.6 Å². The van der Waals surface area contributed by atoms with E-state index in [4.69, 9.17) is 0 Å². The summed E-state index contributed by atoms with van der Waals surface area (Å²) in [5, 5.41) is 2.56. The molecule has 0 radical (unpaired) electrons. The third-order valence-corrected chi connectivity index (χ3v) is 6.80. The Morgan fingerprint density at radius 3 is 2.33 bits per heavy atom. The number of hydrogen-bond acceptors (Lipinski definition) is 4. The van der Waals surface area contributed by atoms with Crippen LogP contribution in [0, 0.1) is 0 Å². The van der Waals surface area contributed by atoms with Crippen LogP contribution in [0.3, 0.4) is 0 Å². The molecule has 0 atom stereocenters. The Kier molecular flexibility index (Phi) is 6.89. The minimum Gasteiger partial charge on any atom is -0.355 e. The molecule has 0 unspecified atom stereocenters. The van der Waals surface area contributed by atoms with Crippen LogP contribution in [0.15, 0.2) is 53.4 Å². The molecule has 0 aliphatic heterocycles. The molecule has 1 saturated carbocycles. The van der Waals surface area contributed by atoms with E-state index in [0.717, 1.165) is 31.2 Å². The molecule has 2 aromatic rings. The first kappa shape index (κ1) is 22.0. The van der Waals surface area contributed by atoms with Crippen LogP contribution in [-0.4, -0.2) is 45.3 Å². The van der Waals surface area contributed by atoms with Gasteiger partial charge >= 0.3 is 0 Å². The van der Waals surface area contributed by atoms with E-state index >= 15 is 0 Å². The van der Waals surface area contributed by atoms with Gasteiger partial charge in [-0.3, -0.25) is 9.59 Å². The number of sulfonamides is 1. The predicted octanol–water partition coefficient (Wildman–Crippen LogP) is 2.54. The molecule has 3 rings (SSSR count). The Bertz CT molecular complexity index is 1010. The highest BCUT2D eigenvalue weighted by atomic mass is 32.2. The van der Waals surface area contributed by atoms with Crippen molar-refractivity contribution in [2.24, 2.45) is 0 Å². The first-order chi connectivity index (χ1) is 14.3. The van der Waals surface area contributed by atoms with E-state index in [2.05, 4.69) is 10.0 Å². The number of benzene rings is 2. The summed E-state index contributed by atoms with van der Waals surface area (Å²) in [6.07, 6.45) is 3.75. The fraction of sp³-hybridized carbons (Fsp3) is 0.364. The zero-order valence-electron chi connectivity index (χ0n) is 17.2. The van der Waals surface area contributed by atoms with Crippen molar-refractivity contribution >= 4 is 21.8 Å². The van der Waals surface area contributed by atoms with Crippen LogP contribution < -0.4 is 10.0 Å². The van der Waals surface area contributed by atoms with E-state index in [0.29, 0.717) is 17.7 Å². The number of nitrogens with zero attached hydrogens (tertiary/aromatic N) is 1. The van der Waals surface area contributed by atoms with Crippen molar-refractivity contribution in [3.63, 3.8) is 0 Å². The fourth-order valence-corrected chi connectivity index (χ4v) is 4.95. The number of amides is 2. The van der Waals surface area contributed by atoms with Gasteiger partial charge in [-0.25, -0.2) is 13.1 Å². The van der Waals surface area contributed by atoms with Crippen molar-refractivity contribution in [1.82, 2.24) is 14.9 Å². The first-order valence-corrected chi connectivity index (χ1v) is 11.5. The summed E-state index contributed by atoms with van der Waals surface area (Å²) >= 11 is 0. The quantitative estimate of drug-likeness (QED) is 0.707. The van der Waals surface area contributed by atoms with E-state index in [-0.39, 0.29) is 22.8 Å². The molecule has 160 valence electrons. The van der Waals surface area contributed by atoms with Crippen LogP contribution in [0.5, 0.6) is 0 Å². The molecule has 0 aromatic heterocycles. The van der Waals surface area contributed by atoms with Gasteiger partial charge < -0.3 is 10.2 Å². The Hall–Kier alpha value is -2.71. The van der Waals surface area contributed by atoms with Gasteiger partial charge in [0.15, 0.2) is 0 Å². The van der Waals surface area contributed by atoms with E-state index in [1.807, 2.05) is 0 Å². The molecular weight excluding hydrogens is 402 g/mol. The molecule has 1 fully saturated rings. The van der Waals surface area contributed by atoms with Crippen molar-refractivity contribution in [2.45, 2.75) is 43.2 Å². The minimum absolute atomic E-state index is 0.0326. The van der Waals surface area contributed by atoms with Gasteiger partial charge in [-0.2, -0.15) is 0 Å². The molecular formula is C22H27N3O4S. The molecule has 2 amide bonds. The van der Waals surface area contributed by atoms with Crippen molar-refractivity contribution in [3.8, 4) is 0 Å². The van der Waals surface area contributed by atoms with Crippen LogP contribution in [0.2, 0.25) is 0 Å². The van der Waals surface area contributed by atoms with Crippen LogP contribution >= 0.6 is 0 Å². The summed E-state index contributed by atoms with van der Waals surface area (Å²) in [7, 11) is -0.429. The lowest BCUT2D eigenvalue weighted by atomic mass is 10.1. The van der Waals surface area contributed by atoms with Crippen molar-refractivity contribution < 1.29 is 18.0 Å². The second kappa shape index (κ2) is 9.40. The average molecular weight is 430 g/mol. The van der Waals surface area contributed by atoms with Gasteiger partial charge in [0, 0.05) is 37.8 Å². The molecule has 2 N–H and O–H groups in total. The standard InChI is InChI=1S/C22H27N3O4S/c1-23-21(26)17-12-10-16(11-13-17)15-25(2)22(27)18-6-5-9-20(14-18)30(28,29)24-19-7-3-4-8-19/h5-6,9-14,19,24H,3-4,7-8,15H2,1-2H3,(H,23,26). The summed E-state index contributed by atoms with van der Waals surface area (Å²) in [5.74, 6) is -0.446. The largest absolute Gasteiger partial charge is 0.355 e. The molecule has 30 heavy (non-hydrogen) atoms. The Labute approximate surface area is 177 Å². The lowest BCUT2D eigenvalue weighted by Gasteiger charge is -2.18. The first-order valence-electron chi connectivity index (χ1n) is 9.99. The third-order valence-electron chi connectivity index (χ3n) is 5.28. The molecule has 0 spiro atoms. The summed E-state index contributed by atoms with van der Waals surface area (Å²) in [4.78, 5) is 26.1. The van der Waals surface area contributed by atoms with Crippen molar-refractivity contribution in [3.05, 3.63) is 65.2 Å². The van der Waals surface area contributed by atoms with Crippen LogP contribution in [-0.2, 0) is 16.6 Å². The molecule has 0 saturated heterocycles. The number of nitrogens with one attached hydrogen (secondary N) is 2. The highest BCUT2D eigenvalue weighted by molar-refractivity contribution is 7.89. The van der Waals surface area contributed by atoms with Crippen LogP contribution in [0.4, 0.5) is 0 Å². The molecule has 1 aliphatic rings. The summed E-state index contributed by atoms with van der Waals surface area (Å²) in [6.45, 7) is 0.337. The highest BCUT2D eigenvalue weighted by Gasteiger charge is 2.24. The lowest BCUT2D eigenvalue weighted by Crippen LogP contribution is -2.33. The summed E-state index contributed by atoms with van der Waals surface area (Å²) in [6, 6.07) is 13.1.